The highest BCUT2D eigenvalue weighted by atomic mass is 32.2. The molecule has 0 saturated heterocycles. The second-order valence-corrected chi connectivity index (χ2v) is 8.75. The highest BCUT2D eigenvalue weighted by Gasteiger charge is 2.25. The largest absolute Gasteiger partial charge is 0.314 e. The first-order chi connectivity index (χ1) is 9.28. The summed E-state index contributed by atoms with van der Waals surface area (Å²) in [6.07, 6.45) is 1.68. The summed E-state index contributed by atoms with van der Waals surface area (Å²) in [7, 11) is -1.68. The first kappa shape index (κ1) is 17.6. The maximum atomic E-state index is 12.4. The van der Waals surface area contributed by atoms with Crippen molar-refractivity contribution >= 4 is 21.4 Å². The molecule has 1 aromatic rings. The van der Waals surface area contributed by atoms with Gasteiger partial charge in [0.05, 0.1) is 0 Å². The van der Waals surface area contributed by atoms with Gasteiger partial charge in [0.2, 0.25) is 0 Å². The minimum atomic E-state index is -3.34. The lowest BCUT2D eigenvalue weighted by atomic mass is 10.3. The van der Waals surface area contributed by atoms with Gasteiger partial charge in [-0.05, 0) is 31.9 Å². The van der Waals surface area contributed by atoms with E-state index in [9.17, 15) is 8.42 Å². The highest BCUT2D eigenvalue weighted by Crippen LogP contribution is 2.26. The van der Waals surface area contributed by atoms with Crippen molar-refractivity contribution in [1.82, 2.24) is 9.62 Å². The van der Waals surface area contributed by atoms with Gasteiger partial charge in [-0.25, -0.2) is 8.42 Å². The minimum absolute atomic E-state index is 0.0214. The Kier molecular flexibility index (Phi) is 6.64. The van der Waals surface area contributed by atoms with Gasteiger partial charge in [-0.2, -0.15) is 4.31 Å². The molecular weight excluding hydrogens is 292 g/mol. The van der Waals surface area contributed by atoms with Crippen molar-refractivity contribution in [1.29, 1.82) is 0 Å². The number of thiophene rings is 1. The van der Waals surface area contributed by atoms with Crippen LogP contribution in [0.1, 0.15) is 39.0 Å². The summed E-state index contributed by atoms with van der Waals surface area (Å²) in [4.78, 5) is 1.11. The average Bonchev–Trinajstić information content (AvgIpc) is 2.86. The molecule has 1 unspecified atom stereocenters. The van der Waals surface area contributed by atoms with E-state index in [-0.39, 0.29) is 6.04 Å². The van der Waals surface area contributed by atoms with Gasteiger partial charge in [0, 0.05) is 30.6 Å². The zero-order valence-electron chi connectivity index (χ0n) is 13.0. The second-order valence-electron chi connectivity index (χ2n) is 5.36. The third kappa shape index (κ3) is 4.55. The zero-order chi connectivity index (χ0) is 15.3. The lowest BCUT2D eigenvalue weighted by Crippen LogP contribution is -2.34. The van der Waals surface area contributed by atoms with Gasteiger partial charge < -0.3 is 5.32 Å². The molecule has 0 aliphatic heterocycles. The van der Waals surface area contributed by atoms with E-state index in [2.05, 4.69) is 19.2 Å². The number of hydrogen-bond donors (Lipinski definition) is 1. The molecule has 20 heavy (non-hydrogen) atoms. The molecule has 0 aromatic carbocycles. The van der Waals surface area contributed by atoms with Crippen LogP contribution in [0.2, 0.25) is 0 Å². The fourth-order valence-electron chi connectivity index (χ4n) is 1.75. The maximum absolute atomic E-state index is 12.4. The summed E-state index contributed by atoms with van der Waals surface area (Å²) in [5.41, 5.74) is 0. The Labute approximate surface area is 127 Å². The van der Waals surface area contributed by atoms with Gasteiger partial charge in [-0.1, -0.05) is 20.8 Å². The molecule has 0 fully saturated rings. The predicted molar refractivity (Wildman–Crippen MR) is 85.9 cm³/mol. The van der Waals surface area contributed by atoms with E-state index in [1.54, 1.807) is 13.1 Å². The molecule has 1 heterocycles. The molecule has 0 bridgehead atoms. The van der Waals surface area contributed by atoms with Crippen molar-refractivity contribution in [3.8, 4) is 0 Å². The van der Waals surface area contributed by atoms with Crippen LogP contribution in [0.15, 0.2) is 16.3 Å². The van der Waals surface area contributed by atoms with Crippen molar-refractivity contribution in [2.24, 2.45) is 0 Å². The molecule has 1 aromatic heterocycles. The summed E-state index contributed by atoms with van der Waals surface area (Å²) in [5, 5.41) is 3.34. The molecule has 1 atom stereocenters. The second kappa shape index (κ2) is 7.54. The van der Waals surface area contributed by atoms with Gasteiger partial charge in [0.25, 0.3) is 10.0 Å². The van der Waals surface area contributed by atoms with Crippen LogP contribution in [0.25, 0.3) is 0 Å². The van der Waals surface area contributed by atoms with Crippen LogP contribution in [-0.2, 0) is 16.4 Å². The van der Waals surface area contributed by atoms with Crippen LogP contribution in [-0.4, -0.2) is 38.4 Å². The molecule has 116 valence electrons. The molecule has 1 rings (SSSR count). The normalized spacial score (nSPS) is 14.2. The average molecular weight is 319 g/mol. The Balaban J connectivity index is 2.75. The number of hydrogen-bond acceptors (Lipinski definition) is 4. The molecule has 1 N–H and O–H groups in total. The van der Waals surface area contributed by atoms with Crippen molar-refractivity contribution in [3.05, 3.63) is 17.0 Å². The Bertz CT molecular complexity index is 509. The summed E-state index contributed by atoms with van der Waals surface area (Å²) in [5.74, 6) is 0. The van der Waals surface area contributed by atoms with Crippen LogP contribution in [0.5, 0.6) is 0 Å². The number of rotatable bonds is 8. The molecule has 0 aliphatic carbocycles. The lowest BCUT2D eigenvalue weighted by Gasteiger charge is -2.22. The number of sulfonamides is 1. The lowest BCUT2D eigenvalue weighted by molar-refractivity contribution is 0.381. The van der Waals surface area contributed by atoms with E-state index in [0.29, 0.717) is 10.3 Å². The van der Waals surface area contributed by atoms with Gasteiger partial charge in [0.15, 0.2) is 0 Å². The molecule has 0 aliphatic rings. The van der Waals surface area contributed by atoms with Crippen LogP contribution in [0.4, 0.5) is 0 Å². The SMILES string of the molecule is CCC(C)N(C)S(=O)(=O)c1ccc(CCNC(C)C)s1. The summed E-state index contributed by atoms with van der Waals surface area (Å²) >= 11 is 1.38. The van der Waals surface area contributed by atoms with E-state index in [0.717, 1.165) is 24.3 Å². The standard InChI is InChI=1S/C14H26N2O2S2/c1-6-12(4)16(5)20(17,18)14-8-7-13(19-14)9-10-15-11(2)3/h7-8,11-12,15H,6,9-10H2,1-5H3. The van der Waals surface area contributed by atoms with E-state index in [4.69, 9.17) is 0 Å². The quantitative estimate of drug-likeness (QED) is 0.802. The van der Waals surface area contributed by atoms with Crippen LogP contribution >= 0.6 is 11.3 Å². The fraction of sp³-hybridized carbons (Fsp3) is 0.714. The first-order valence-corrected chi connectivity index (χ1v) is 9.34. The van der Waals surface area contributed by atoms with Crippen molar-refractivity contribution < 1.29 is 8.42 Å². The highest BCUT2D eigenvalue weighted by molar-refractivity contribution is 7.91. The van der Waals surface area contributed by atoms with E-state index in [1.807, 2.05) is 19.9 Å². The Morgan fingerprint density at radius 2 is 1.95 bits per heavy atom. The fourth-order valence-corrected chi connectivity index (χ4v) is 4.73. The number of nitrogens with one attached hydrogen (secondary N) is 1. The third-order valence-electron chi connectivity index (χ3n) is 3.41. The molecular formula is C14H26N2O2S2. The van der Waals surface area contributed by atoms with Crippen LogP contribution in [0, 0.1) is 0 Å². The van der Waals surface area contributed by atoms with Gasteiger partial charge in [0.1, 0.15) is 4.21 Å². The van der Waals surface area contributed by atoms with Crippen molar-refractivity contribution in [2.75, 3.05) is 13.6 Å². The van der Waals surface area contributed by atoms with Gasteiger partial charge >= 0.3 is 0 Å². The van der Waals surface area contributed by atoms with E-state index < -0.39 is 10.0 Å². The summed E-state index contributed by atoms with van der Waals surface area (Å²) < 4.78 is 26.8. The zero-order valence-corrected chi connectivity index (χ0v) is 14.6. The van der Waals surface area contributed by atoms with E-state index in [1.165, 1.54) is 15.6 Å². The Morgan fingerprint density at radius 3 is 2.50 bits per heavy atom. The van der Waals surface area contributed by atoms with Crippen LogP contribution in [0.3, 0.4) is 0 Å². The molecule has 0 saturated carbocycles. The van der Waals surface area contributed by atoms with Crippen LogP contribution < -0.4 is 5.32 Å². The molecule has 0 amide bonds. The third-order valence-corrected chi connectivity index (χ3v) is 6.99. The molecule has 6 heteroatoms. The summed E-state index contributed by atoms with van der Waals surface area (Å²) in [6, 6.07) is 4.12. The maximum Gasteiger partial charge on any atom is 0.252 e. The minimum Gasteiger partial charge on any atom is -0.314 e. The van der Waals surface area contributed by atoms with Crippen molar-refractivity contribution in [2.45, 2.75) is 56.8 Å². The first-order valence-electron chi connectivity index (χ1n) is 7.09. The molecule has 0 spiro atoms. The Hall–Kier alpha value is -0.430. The van der Waals surface area contributed by atoms with E-state index >= 15 is 0 Å². The van der Waals surface area contributed by atoms with Gasteiger partial charge in [-0.3, -0.25) is 0 Å². The monoisotopic (exact) mass is 318 g/mol. The van der Waals surface area contributed by atoms with Crippen molar-refractivity contribution in [3.63, 3.8) is 0 Å². The predicted octanol–water partition coefficient (Wildman–Crippen LogP) is 2.71. The number of nitrogens with zero attached hydrogens (tertiary/aromatic N) is 1. The Morgan fingerprint density at radius 1 is 1.30 bits per heavy atom. The molecule has 0 radical (unpaired) electrons. The summed E-state index contributed by atoms with van der Waals surface area (Å²) in [6.45, 7) is 9.00. The smallest absolute Gasteiger partial charge is 0.252 e. The van der Waals surface area contributed by atoms with Gasteiger partial charge in [-0.15, -0.1) is 11.3 Å². The molecule has 4 nitrogen and oxygen atoms in total. The topological polar surface area (TPSA) is 49.4 Å².